The maximum absolute atomic E-state index is 14.1. The topological polar surface area (TPSA) is 127 Å². The summed E-state index contributed by atoms with van der Waals surface area (Å²) in [6, 6.07) is 9.77. The average Bonchev–Trinajstić information content (AvgIpc) is 3.54. The van der Waals surface area contributed by atoms with Gasteiger partial charge in [0.05, 0.1) is 54.1 Å². The summed E-state index contributed by atoms with van der Waals surface area (Å²) in [7, 11) is 0. The third-order valence-electron chi connectivity index (χ3n) is 4.94. The Morgan fingerprint density at radius 1 is 1.09 bits per heavy atom. The fraction of sp³-hybridized carbons (Fsp3) is 0.0455. The number of alkyl halides is 3. The van der Waals surface area contributed by atoms with Crippen LogP contribution < -0.4 is 5.32 Å². The highest BCUT2D eigenvalue weighted by Crippen LogP contribution is 2.35. The number of amides is 1. The number of hydrogen-bond donors (Lipinski definition) is 1. The zero-order valence-corrected chi connectivity index (χ0v) is 17.4. The number of pyridine rings is 2. The number of halogens is 3. The van der Waals surface area contributed by atoms with Gasteiger partial charge in [-0.2, -0.15) is 33.7 Å². The van der Waals surface area contributed by atoms with Crippen LogP contribution in [0.15, 0.2) is 61.3 Å². The van der Waals surface area contributed by atoms with Gasteiger partial charge in [-0.3, -0.25) is 9.78 Å². The molecule has 0 fully saturated rings. The molecule has 0 atom stereocenters. The van der Waals surface area contributed by atoms with Gasteiger partial charge in [0.25, 0.3) is 5.91 Å². The summed E-state index contributed by atoms with van der Waals surface area (Å²) < 4.78 is 43.0. The van der Waals surface area contributed by atoms with Crippen LogP contribution >= 0.6 is 0 Å². The molecule has 10 nitrogen and oxygen atoms in total. The largest absolute Gasteiger partial charge is 0.434 e. The average molecular weight is 474 g/mol. The van der Waals surface area contributed by atoms with Crippen molar-refractivity contribution in [3.8, 4) is 17.6 Å². The molecule has 35 heavy (non-hydrogen) atoms. The predicted octanol–water partition coefficient (Wildman–Crippen LogP) is 3.34. The number of fused-ring (bicyclic) bond motifs is 1. The highest BCUT2D eigenvalue weighted by Gasteiger charge is 2.41. The Bertz CT molecular complexity index is 1600. The standard InChI is InChI=1S/C22H11F3N9O/c23-22(24,25)19-17(11-31-33(19)18-12-27-9-13-3-1-2-4-16(13)18)21(35)32-15-7-14(8-26)20(28-10-15)34-29-5-6-30-34/h1-7,10-12H,(H,32,35). The van der Waals surface area contributed by atoms with Crippen LogP contribution in [0.2, 0.25) is 0 Å². The molecule has 0 bridgehead atoms. The maximum atomic E-state index is 14.1. The van der Waals surface area contributed by atoms with Gasteiger partial charge in [-0.25, -0.2) is 9.67 Å². The van der Waals surface area contributed by atoms with Crippen LogP contribution in [-0.4, -0.2) is 40.6 Å². The van der Waals surface area contributed by atoms with Crippen LogP contribution in [-0.2, 0) is 6.18 Å². The summed E-state index contributed by atoms with van der Waals surface area (Å²) in [5.41, 5.74) is -1.95. The van der Waals surface area contributed by atoms with Crippen molar-refractivity contribution < 1.29 is 18.0 Å². The van der Waals surface area contributed by atoms with Crippen LogP contribution in [0.4, 0.5) is 18.9 Å². The Hall–Kier alpha value is -5.12. The van der Waals surface area contributed by atoms with Crippen LogP contribution in [0, 0.1) is 17.5 Å². The van der Waals surface area contributed by atoms with E-state index >= 15 is 0 Å². The van der Waals surface area contributed by atoms with Gasteiger partial charge in [0, 0.05) is 10.8 Å². The summed E-state index contributed by atoms with van der Waals surface area (Å²) >= 11 is 0. The second-order valence-corrected chi connectivity index (χ2v) is 7.10. The number of nitrogens with one attached hydrogen (secondary N) is 1. The van der Waals surface area contributed by atoms with Gasteiger partial charge < -0.3 is 5.32 Å². The number of hydrogen-bond acceptors (Lipinski definition) is 7. The van der Waals surface area contributed by atoms with E-state index in [1.54, 1.807) is 24.3 Å². The van der Waals surface area contributed by atoms with E-state index in [2.05, 4.69) is 36.8 Å². The number of nitriles is 1. The van der Waals surface area contributed by atoms with Crippen molar-refractivity contribution in [3.05, 3.63) is 84.3 Å². The molecule has 0 unspecified atom stereocenters. The lowest BCUT2D eigenvalue weighted by molar-refractivity contribution is -0.143. The van der Waals surface area contributed by atoms with Gasteiger partial charge in [0.1, 0.15) is 11.6 Å². The number of rotatable bonds is 4. The molecule has 1 amide bonds. The molecule has 5 rings (SSSR count). The summed E-state index contributed by atoms with van der Waals surface area (Å²) in [4.78, 5) is 21.9. The molecule has 0 aliphatic rings. The summed E-state index contributed by atoms with van der Waals surface area (Å²) in [6.45, 7) is 0. The fourth-order valence-electron chi connectivity index (χ4n) is 3.47. The van der Waals surface area contributed by atoms with Gasteiger partial charge >= 0.3 is 6.18 Å². The first-order chi connectivity index (χ1) is 16.9. The number of benzene rings is 1. The molecule has 13 heteroatoms. The molecule has 0 saturated heterocycles. The maximum Gasteiger partial charge on any atom is 0.434 e. The molecule has 171 valence electrons. The molecule has 5 aromatic rings. The van der Waals surface area contributed by atoms with Crippen molar-refractivity contribution in [2.75, 3.05) is 5.32 Å². The molecule has 1 aromatic carbocycles. The summed E-state index contributed by atoms with van der Waals surface area (Å²) in [5.74, 6) is -0.987. The van der Waals surface area contributed by atoms with Gasteiger partial charge in [-0.1, -0.05) is 24.3 Å². The Balaban J connectivity index is 1.54. The van der Waals surface area contributed by atoms with E-state index in [0.29, 0.717) is 15.5 Å². The van der Waals surface area contributed by atoms with E-state index in [4.69, 9.17) is 0 Å². The SMILES string of the molecule is N#Cc1cc(NC(=O)c2cnn(-c3cn[c]c4ccccc34)c2C(F)(F)F)cnc1-n1nccn1. The van der Waals surface area contributed by atoms with Crippen molar-refractivity contribution in [3.63, 3.8) is 0 Å². The quantitative estimate of drug-likeness (QED) is 0.423. The van der Waals surface area contributed by atoms with Gasteiger partial charge in [-0.15, -0.1) is 4.80 Å². The molecular formula is C22H11F3N9O. The minimum absolute atomic E-state index is 0.00354. The third kappa shape index (κ3) is 3.93. The zero-order chi connectivity index (χ0) is 24.6. The molecule has 0 saturated carbocycles. The second kappa shape index (κ2) is 8.34. The number of carbonyl (C=O) groups is 1. The van der Waals surface area contributed by atoms with E-state index < -0.39 is 23.3 Å². The van der Waals surface area contributed by atoms with Crippen molar-refractivity contribution in [1.82, 2.24) is 34.7 Å². The molecule has 4 heterocycles. The van der Waals surface area contributed by atoms with Crippen molar-refractivity contribution >= 4 is 22.4 Å². The highest BCUT2D eigenvalue weighted by molar-refractivity contribution is 6.05. The molecule has 1 N–H and O–H groups in total. The lowest BCUT2D eigenvalue weighted by Gasteiger charge is -2.14. The van der Waals surface area contributed by atoms with Crippen molar-refractivity contribution in [2.24, 2.45) is 0 Å². The van der Waals surface area contributed by atoms with E-state index in [-0.39, 0.29) is 22.8 Å². The number of nitrogens with zero attached hydrogens (tertiary/aromatic N) is 8. The van der Waals surface area contributed by atoms with E-state index in [9.17, 15) is 23.2 Å². The molecule has 0 spiro atoms. The van der Waals surface area contributed by atoms with Gasteiger partial charge in [0.2, 0.25) is 0 Å². The monoisotopic (exact) mass is 474 g/mol. The molecule has 0 aliphatic carbocycles. The van der Waals surface area contributed by atoms with Crippen LogP contribution in [0.3, 0.4) is 0 Å². The molecular weight excluding hydrogens is 463 g/mol. The Kier molecular flexibility index (Phi) is 5.17. The highest BCUT2D eigenvalue weighted by atomic mass is 19.4. The predicted molar refractivity (Wildman–Crippen MR) is 115 cm³/mol. The fourth-order valence-corrected chi connectivity index (χ4v) is 3.47. The second-order valence-electron chi connectivity index (χ2n) is 7.10. The summed E-state index contributed by atoms with van der Waals surface area (Å²) in [5, 5.41) is 24.3. The molecule has 0 aliphatic heterocycles. The Labute approximate surface area is 194 Å². The lowest BCUT2D eigenvalue weighted by Crippen LogP contribution is -2.21. The first kappa shape index (κ1) is 21.7. The number of anilines is 1. The molecule has 4 aromatic heterocycles. The zero-order valence-electron chi connectivity index (χ0n) is 17.4. The van der Waals surface area contributed by atoms with Crippen LogP contribution in [0.5, 0.6) is 0 Å². The van der Waals surface area contributed by atoms with E-state index in [1.165, 1.54) is 30.9 Å². The first-order valence-corrected chi connectivity index (χ1v) is 9.86. The van der Waals surface area contributed by atoms with Gasteiger partial charge in [0.15, 0.2) is 11.5 Å². The smallest absolute Gasteiger partial charge is 0.320 e. The Morgan fingerprint density at radius 2 is 1.86 bits per heavy atom. The Morgan fingerprint density at radius 3 is 2.60 bits per heavy atom. The third-order valence-corrected chi connectivity index (χ3v) is 4.94. The van der Waals surface area contributed by atoms with Crippen molar-refractivity contribution in [1.29, 1.82) is 5.26 Å². The minimum atomic E-state index is -4.92. The minimum Gasteiger partial charge on any atom is -0.320 e. The van der Waals surface area contributed by atoms with E-state index in [1.807, 2.05) is 6.07 Å². The number of aromatic nitrogens is 7. The first-order valence-electron chi connectivity index (χ1n) is 9.86. The lowest BCUT2D eigenvalue weighted by atomic mass is 10.1. The van der Waals surface area contributed by atoms with Gasteiger partial charge in [-0.05, 0) is 6.07 Å². The van der Waals surface area contributed by atoms with Crippen LogP contribution in [0.25, 0.3) is 22.3 Å². The van der Waals surface area contributed by atoms with E-state index in [0.717, 1.165) is 11.0 Å². The van der Waals surface area contributed by atoms with Crippen LogP contribution in [0.1, 0.15) is 21.6 Å². The van der Waals surface area contributed by atoms with Crippen molar-refractivity contribution in [2.45, 2.75) is 6.18 Å². The normalized spacial score (nSPS) is 11.4. The molecule has 1 radical (unpaired) electrons. The number of carbonyl (C=O) groups excluding carboxylic acids is 1. The summed E-state index contributed by atoms with van der Waals surface area (Å²) in [6.07, 6.45) is 3.76.